The number of nitrogens with zero attached hydrogens (tertiary/aromatic N) is 1. The average Bonchev–Trinajstić information content (AvgIpc) is 3.67. The van der Waals surface area contributed by atoms with Crippen molar-refractivity contribution in [1.29, 1.82) is 0 Å². The van der Waals surface area contributed by atoms with Gasteiger partial charge in [-0.3, -0.25) is 0 Å². The molecule has 0 amide bonds. The van der Waals surface area contributed by atoms with Crippen molar-refractivity contribution in [1.82, 2.24) is 0 Å². The fourth-order valence-corrected chi connectivity index (χ4v) is 9.33. The van der Waals surface area contributed by atoms with Crippen LogP contribution in [-0.4, -0.2) is 6.54 Å². The van der Waals surface area contributed by atoms with E-state index in [0.29, 0.717) is 0 Å². The lowest BCUT2D eigenvalue weighted by molar-refractivity contribution is 0.530. The second-order valence-electron chi connectivity index (χ2n) is 12.7. The van der Waals surface area contributed by atoms with Crippen LogP contribution in [0, 0.1) is 13.8 Å². The molecular weight excluding hydrogens is 591 g/mol. The van der Waals surface area contributed by atoms with Crippen LogP contribution in [0.15, 0.2) is 70.5 Å². The summed E-state index contributed by atoms with van der Waals surface area (Å²) in [4.78, 5) is 10.9. The van der Waals surface area contributed by atoms with Gasteiger partial charge >= 0.3 is 0 Å². The van der Waals surface area contributed by atoms with E-state index in [1.807, 2.05) is 34.4 Å². The molecular formula is C40H53NS3. The molecule has 5 rings (SSSR count). The van der Waals surface area contributed by atoms with E-state index in [0.717, 1.165) is 6.54 Å². The van der Waals surface area contributed by atoms with Gasteiger partial charge in [-0.2, -0.15) is 0 Å². The number of thiophene rings is 2. The van der Waals surface area contributed by atoms with E-state index in [9.17, 15) is 0 Å². The van der Waals surface area contributed by atoms with Gasteiger partial charge < -0.3 is 4.90 Å². The molecule has 0 N–H and O–H groups in total. The summed E-state index contributed by atoms with van der Waals surface area (Å²) in [5.41, 5.74) is 5.43. The van der Waals surface area contributed by atoms with Crippen molar-refractivity contribution in [2.45, 2.75) is 133 Å². The number of benzene rings is 2. The summed E-state index contributed by atoms with van der Waals surface area (Å²) in [6.45, 7) is 7.79. The van der Waals surface area contributed by atoms with Gasteiger partial charge in [0, 0.05) is 35.8 Å². The number of fused-ring (bicyclic) bond motifs is 2. The minimum Gasteiger partial charge on any atom is -0.340 e. The van der Waals surface area contributed by atoms with E-state index in [-0.39, 0.29) is 0 Å². The second kappa shape index (κ2) is 17.6. The number of rotatable bonds is 19. The molecule has 44 heavy (non-hydrogen) atoms. The van der Waals surface area contributed by atoms with Gasteiger partial charge in [0.15, 0.2) is 0 Å². The molecule has 3 heterocycles. The van der Waals surface area contributed by atoms with E-state index in [1.54, 1.807) is 0 Å². The lowest BCUT2D eigenvalue weighted by Gasteiger charge is -2.33. The smallest absolute Gasteiger partial charge is 0.0553 e. The summed E-state index contributed by atoms with van der Waals surface area (Å²) in [5, 5.41) is 0. The highest BCUT2D eigenvalue weighted by Gasteiger charge is 2.24. The summed E-state index contributed by atoms with van der Waals surface area (Å²) >= 11 is 5.73. The maximum Gasteiger partial charge on any atom is 0.0553 e. The van der Waals surface area contributed by atoms with Crippen LogP contribution in [0.25, 0.3) is 20.9 Å². The molecule has 0 spiro atoms. The van der Waals surface area contributed by atoms with Gasteiger partial charge in [-0.05, 0) is 79.9 Å². The van der Waals surface area contributed by atoms with Crippen molar-refractivity contribution >= 4 is 45.8 Å². The Morgan fingerprint density at radius 1 is 0.477 bits per heavy atom. The Hall–Kier alpha value is -2.01. The molecule has 2 aromatic carbocycles. The van der Waals surface area contributed by atoms with Crippen LogP contribution in [0.1, 0.15) is 119 Å². The lowest BCUT2D eigenvalue weighted by Crippen LogP contribution is -2.22. The first-order valence-electron chi connectivity index (χ1n) is 17.5. The molecule has 1 aliphatic heterocycles. The number of hydrogen-bond acceptors (Lipinski definition) is 4. The van der Waals surface area contributed by atoms with Gasteiger partial charge in [0.25, 0.3) is 0 Å². The molecule has 4 aromatic rings. The predicted octanol–water partition coefficient (Wildman–Crippen LogP) is 14.6. The Balaban J connectivity index is 1.11. The number of aryl methyl sites for hydroxylation is 2. The summed E-state index contributed by atoms with van der Waals surface area (Å²) in [6.07, 6.45) is 22.6. The fourth-order valence-electron chi connectivity index (χ4n) is 6.43. The third-order valence-electron chi connectivity index (χ3n) is 9.01. The molecule has 0 radical (unpaired) electrons. The van der Waals surface area contributed by atoms with Gasteiger partial charge in [-0.25, -0.2) is 0 Å². The molecule has 0 bridgehead atoms. The van der Waals surface area contributed by atoms with Crippen LogP contribution in [0.2, 0.25) is 0 Å². The lowest BCUT2D eigenvalue weighted by atomic mass is 10.0. The van der Waals surface area contributed by atoms with Crippen LogP contribution in [-0.2, 0) is 0 Å². The van der Waals surface area contributed by atoms with Gasteiger partial charge in [-0.15, -0.1) is 22.7 Å². The molecule has 0 atom stereocenters. The van der Waals surface area contributed by atoms with E-state index in [4.69, 9.17) is 0 Å². The zero-order chi connectivity index (χ0) is 30.6. The van der Waals surface area contributed by atoms with Crippen molar-refractivity contribution < 1.29 is 0 Å². The number of hydrogen-bond donors (Lipinski definition) is 0. The molecule has 236 valence electrons. The number of anilines is 2. The van der Waals surface area contributed by atoms with Gasteiger partial charge in [0.1, 0.15) is 0 Å². The first-order valence-corrected chi connectivity index (χ1v) is 19.9. The van der Waals surface area contributed by atoms with Crippen LogP contribution >= 0.6 is 34.4 Å². The van der Waals surface area contributed by atoms with Crippen molar-refractivity contribution in [3.8, 4) is 20.9 Å². The summed E-state index contributed by atoms with van der Waals surface area (Å²) in [5.74, 6) is 0. The first kappa shape index (κ1) is 33.4. The molecule has 2 aromatic heterocycles. The highest BCUT2D eigenvalue weighted by atomic mass is 32.2. The van der Waals surface area contributed by atoms with Gasteiger partial charge in [0.05, 0.1) is 11.4 Å². The van der Waals surface area contributed by atoms with Gasteiger partial charge in [0.2, 0.25) is 0 Å². The van der Waals surface area contributed by atoms with Crippen molar-refractivity contribution in [3.05, 3.63) is 70.4 Å². The molecule has 1 nitrogen and oxygen atoms in total. The Morgan fingerprint density at radius 3 is 1.27 bits per heavy atom. The third kappa shape index (κ3) is 9.50. The minimum absolute atomic E-state index is 1.09. The summed E-state index contributed by atoms with van der Waals surface area (Å²) < 4.78 is 0. The zero-order valence-electron chi connectivity index (χ0n) is 27.5. The topological polar surface area (TPSA) is 3.24 Å². The summed E-state index contributed by atoms with van der Waals surface area (Å²) in [7, 11) is 0. The highest BCUT2D eigenvalue weighted by Crippen LogP contribution is 2.51. The summed E-state index contributed by atoms with van der Waals surface area (Å²) in [6, 6.07) is 23.3. The molecule has 0 saturated carbocycles. The molecule has 1 aliphatic rings. The molecule has 0 aliphatic carbocycles. The Labute approximate surface area is 280 Å². The van der Waals surface area contributed by atoms with Crippen LogP contribution < -0.4 is 4.90 Å². The fraction of sp³-hybridized carbons (Fsp3) is 0.500. The van der Waals surface area contributed by atoms with Gasteiger partial charge in [-0.1, -0.05) is 127 Å². The van der Waals surface area contributed by atoms with Crippen molar-refractivity contribution in [3.63, 3.8) is 0 Å². The highest BCUT2D eigenvalue weighted by molar-refractivity contribution is 7.99. The van der Waals surface area contributed by atoms with E-state index >= 15 is 0 Å². The second-order valence-corrected chi connectivity index (χ2v) is 16.4. The van der Waals surface area contributed by atoms with E-state index in [1.165, 1.54) is 155 Å². The Kier molecular flexibility index (Phi) is 13.4. The Morgan fingerprint density at radius 2 is 0.886 bits per heavy atom. The quantitative estimate of drug-likeness (QED) is 0.0935. The SMILES string of the molecule is CCCCCCCCCCCCCCCCCCN1c2ccc(-c3ccc(C)s3)cc2Sc2cc(-c3ccc(C)s3)ccc21. The molecule has 0 saturated heterocycles. The van der Waals surface area contributed by atoms with Crippen molar-refractivity contribution in [2.75, 3.05) is 11.4 Å². The average molecular weight is 644 g/mol. The largest absolute Gasteiger partial charge is 0.340 e. The minimum atomic E-state index is 1.09. The standard InChI is InChI=1S/C40H53NS3/c1-4-5-6-7-8-9-10-11-12-13-14-15-16-17-18-19-28-41-35-24-22-33(37-26-20-31(2)42-37)29-39(35)44-40-30-34(23-25-36(40)41)38-27-21-32(3)43-38/h20-27,29-30H,4-19,28H2,1-3H3. The third-order valence-corrected chi connectivity index (χ3v) is 12.2. The normalized spacial score (nSPS) is 12.5. The van der Waals surface area contributed by atoms with Crippen LogP contribution in [0.5, 0.6) is 0 Å². The first-order chi connectivity index (χ1) is 21.6. The van der Waals surface area contributed by atoms with Crippen molar-refractivity contribution in [2.24, 2.45) is 0 Å². The monoisotopic (exact) mass is 643 g/mol. The van der Waals surface area contributed by atoms with Crippen LogP contribution in [0.3, 0.4) is 0 Å². The molecule has 4 heteroatoms. The van der Waals surface area contributed by atoms with E-state index in [2.05, 4.69) is 86.3 Å². The van der Waals surface area contributed by atoms with Crippen LogP contribution in [0.4, 0.5) is 11.4 Å². The maximum atomic E-state index is 2.61. The Bertz CT molecular complexity index is 1340. The predicted molar refractivity (Wildman–Crippen MR) is 200 cm³/mol. The zero-order valence-corrected chi connectivity index (χ0v) is 29.9. The molecule has 0 unspecified atom stereocenters. The van der Waals surface area contributed by atoms with E-state index < -0.39 is 0 Å². The maximum absolute atomic E-state index is 2.61. The molecule has 0 fully saturated rings. The number of unbranched alkanes of at least 4 members (excludes halogenated alkanes) is 15.